The van der Waals surface area contributed by atoms with Gasteiger partial charge in [0, 0.05) is 23.3 Å². The molecule has 0 amide bonds. The van der Waals surface area contributed by atoms with Gasteiger partial charge in [-0.05, 0) is 35.4 Å². The van der Waals surface area contributed by atoms with Crippen LogP contribution in [0.1, 0.15) is 5.56 Å². The number of nitrogens with zero attached hydrogens (tertiary/aromatic N) is 3. The molecule has 0 bridgehead atoms. The Kier molecular flexibility index (Phi) is 4.38. The van der Waals surface area contributed by atoms with Gasteiger partial charge in [-0.3, -0.25) is 9.67 Å². The minimum absolute atomic E-state index is 0.263. The summed E-state index contributed by atoms with van der Waals surface area (Å²) in [5.41, 5.74) is 8.55. The van der Waals surface area contributed by atoms with Gasteiger partial charge in [0.05, 0.1) is 12.1 Å². The molecule has 0 atom stereocenters. The standard InChI is InChI=1S/C20H15F3N4O/c21-20(22,23)28-18-6-2-1-5-15(18)14-7-8-16-17(10-14)27(26-19(16)24)12-13-4-3-9-25-11-13/h1-11H,12H2,(H2,24,26). The number of aromatic nitrogens is 3. The summed E-state index contributed by atoms with van der Waals surface area (Å²) >= 11 is 0. The van der Waals surface area contributed by atoms with Gasteiger partial charge in [-0.1, -0.05) is 30.3 Å². The first-order valence-electron chi connectivity index (χ1n) is 8.41. The third-order valence-electron chi connectivity index (χ3n) is 4.26. The van der Waals surface area contributed by atoms with Crippen LogP contribution in [0, 0.1) is 0 Å². The van der Waals surface area contributed by atoms with E-state index in [1.165, 1.54) is 12.1 Å². The Hall–Kier alpha value is -3.55. The van der Waals surface area contributed by atoms with Crippen LogP contribution in [0.4, 0.5) is 19.0 Å². The van der Waals surface area contributed by atoms with Crippen LogP contribution in [0.2, 0.25) is 0 Å². The number of pyridine rings is 1. The van der Waals surface area contributed by atoms with Gasteiger partial charge in [0.15, 0.2) is 5.82 Å². The molecule has 142 valence electrons. The number of fused-ring (bicyclic) bond motifs is 1. The van der Waals surface area contributed by atoms with Crippen LogP contribution in [-0.4, -0.2) is 21.1 Å². The summed E-state index contributed by atoms with van der Waals surface area (Å²) in [7, 11) is 0. The fourth-order valence-corrected chi connectivity index (χ4v) is 3.07. The van der Waals surface area contributed by atoms with Gasteiger partial charge in [-0.15, -0.1) is 13.2 Å². The van der Waals surface area contributed by atoms with E-state index in [0.29, 0.717) is 29.0 Å². The second-order valence-electron chi connectivity index (χ2n) is 6.18. The molecule has 0 unspecified atom stereocenters. The van der Waals surface area contributed by atoms with Crippen molar-refractivity contribution in [3.63, 3.8) is 0 Å². The molecule has 4 aromatic rings. The number of halogens is 3. The van der Waals surface area contributed by atoms with E-state index in [1.807, 2.05) is 12.1 Å². The van der Waals surface area contributed by atoms with E-state index in [4.69, 9.17) is 5.73 Å². The number of rotatable bonds is 4. The molecule has 0 saturated heterocycles. The molecule has 2 aromatic heterocycles. The van der Waals surface area contributed by atoms with Gasteiger partial charge in [-0.2, -0.15) is 5.10 Å². The number of alkyl halides is 3. The van der Waals surface area contributed by atoms with E-state index >= 15 is 0 Å². The van der Waals surface area contributed by atoms with Crippen LogP contribution in [0.3, 0.4) is 0 Å². The highest BCUT2D eigenvalue weighted by atomic mass is 19.4. The van der Waals surface area contributed by atoms with Gasteiger partial charge in [0.25, 0.3) is 0 Å². The van der Waals surface area contributed by atoms with Crippen molar-refractivity contribution in [2.75, 3.05) is 5.73 Å². The normalized spacial score (nSPS) is 11.7. The van der Waals surface area contributed by atoms with Gasteiger partial charge in [-0.25, -0.2) is 0 Å². The predicted molar refractivity (Wildman–Crippen MR) is 99.6 cm³/mol. The van der Waals surface area contributed by atoms with Crippen molar-refractivity contribution in [2.24, 2.45) is 0 Å². The van der Waals surface area contributed by atoms with Crippen molar-refractivity contribution < 1.29 is 17.9 Å². The second kappa shape index (κ2) is 6.88. The Morgan fingerprint density at radius 1 is 1.04 bits per heavy atom. The zero-order valence-electron chi connectivity index (χ0n) is 14.5. The molecule has 8 heteroatoms. The topological polar surface area (TPSA) is 66.0 Å². The number of para-hydroxylation sites is 1. The first-order chi connectivity index (χ1) is 13.4. The van der Waals surface area contributed by atoms with E-state index in [1.54, 1.807) is 47.4 Å². The molecular weight excluding hydrogens is 369 g/mol. The highest BCUT2D eigenvalue weighted by Gasteiger charge is 2.32. The molecular formula is C20H15F3N4O. The van der Waals surface area contributed by atoms with E-state index in [0.717, 1.165) is 10.9 Å². The Morgan fingerprint density at radius 2 is 1.86 bits per heavy atom. The van der Waals surface area contributed by atoms with E-state index in [2.05, 4.69) is 14.8 Å². The molecule has 0 aliphatic heterocycles. The summed E-state index contributed by atoms with van der Waals surface area (Å²) in [5, 5.41) is 5.08. The summed E-state index contributed by atoms with van der Waals surface area (Å²) in [6.45, 7) is 0.436. The summed E-state index contributed by atoms with van der Waals surface area (Å²) in [6.07, 6.45) is -1.37. The molecule has 2 heterocycles. The Labute approximate surface area is 158 Å². The maximum Gasteiger partial charge on any atom is 0.573 e. The highest BCUT2D eigenvalue weighted by molar-refractivity contribution is 5.93. The minimum Gasteiger partial charge on any atom is -0.405 e. The average molecular weight is 384 g/mol. The number of nitrogen functional groups attached to an aromatic ring is 1. The van der Waals surface area contributed by atoms with Gasteiger partial charge >= 0.3 is 6.36 Å². The number of anilines is 1. The number of ether oxygens (including phenoxy) is 1. The lowest BCUT2D eigenvalue weighted by Gasteiger charge is -2.13. The first kappa shape index (κ1) is 17.8. The number of hydrogen-bond donors (Lipinski definition) is 1. The largest absolute Gasteiger partial charge is 0.573 e. The van der Waals surface area contributed by atoms with Crippen molar-refractivity contribution >= 4 is 16.7 Å². The average Bonchev–Trinajstić information content (AvgIpc) is 2.97. The summed E-state index contributed by atoms with van der Waals surface area (Å²) in [6, 6.07) is 14.9. The number of hydrogen-bond acceptors (Lipinski definition) is 4. The quantitative estimate of drug-likeness (QED) is 0.557. The molecule has 0 spiro atoms. The Bertz CT molecular complexity index is 1120. The zero-order chi connectivity index (χ0) is 19.7. The fraction of sp³-hybridized carbons (Fsp3) is 0.100. The van der Waals surface area contributed by atoms with Crippen molar-refractivity contribution in [3.8, 4) is 16.9 Å². The fourth-order valence-electron chi connectivity index (χ4n) is 3.07. The summed E-state index contributed by atoms with van der Waals surface area (Å²) in [4.78, 5) is 4.08. The van der Waals surface area contributed by atoms with Crippen molar-refractivity contribution in [1.82, 2.24) is 14.8 Å². The summed E-state index contributed by atoms with van der Waals surface area (Å²) < 4.78 is 44.1. The smallest absolute Gasteiger partial charge is 0.405 e. The van der Waals surface area contributed by atoms with E-state index in [9.17, 15) is 13.2 Å². The molecule has 0 aliphatic rings. The maximum atomic E-state index is 12.7. The van der Waals surface area contributed by atoms with E-state index in [-0.39, 0.29) is 5.75 Å². The molecule has 2 aromatic carbocycles. The molecule has 0 fully saturated rings. The van der Waals surface area contributed by atoms with Crippen LogP contribution in [0.25, 0.3) is 22.0 Å². The van der Waals surface area contributed by atoms with Crippen LogP contribution in [0.5, 0.6) is 5.75 Å². The molecule has 0 saturated carbocycles. The van der Waals surface area contributed by atoms with Gasteiger partial charge < -0.3 is 10.5 Å². The second-order valence-corrected chi connectivity index (χ2v) is 6.18. The Balaban J connectivity index is 1.79. The van der Waals surface area contributed by atoms with Crippen molar-refractivity contribution in [3.05, 3.63) is 72.6 Å². The molecule has 4 rings (SSSR count). The van der Waals surface area contributed by atoms with E-state index < -0.39 is 6.36 Å². The Morgan fingerprint density at radius 3 is 2.61 bits per heavy atom. The van der Waals surface area contributed by atoms with Gasteiger partial charge in [0.1, 0.15) is 5.75 Å². The predicted octanol–water partition coefficient (Wildman–Crippen LogP) is 4.63. The SMILES string of the molecule is Nc1nn(Cc2cccnc2)c2cc(-c3ccccc3OC(F)(F)F)ccc12. The molecule has 28 heavy (non-hydrogen) atoms. The van der Waals surface area contributed by atoms with Crippen molar-refractivity contribution in [1.29, 1.82) is 0 Å². The number of benzene rings is 2. The molecule has 0 radical (unpaired) electrons. The lowest BCUT2D eigenvalue weighted by atomic mass is 10.0. The van der Waals surface area contributed by atoms with Crippen molar-refractivity contribution in [2.45, 2.75) is 12.9 Å². The maximum absolute atomic E-state index is 12.7. The highest BCUT2D eigenvalue weighted by Crippen LogP contribution is 2.35. The van der Waals surface area contributed by atoms with Crippen LogP contribution in [-0.2, 0) is 6.54 Å². The third kappa shape index (κ3) is 3.62. The summed E-state index contributed by atoms with van der Waals surface area (Å²) in [5.74, 6) is 0.0888. The minimum atomic E-state index is -4.77. The monoisotopic (exact) mass is 384 g/mol. The lowest BCUT2D eigenvalue weighted by molar-refractivity contribution is -0.274. The van der Waals surface area contributed by atoms with Gasteiger partial charge in [0.2, 0.25) is 0 Å². The molecule has 5 nitrogen and oxygen atoms in total. The third-order valence-corrected chi connectivity index (χ3v) is 4.26. The van der Waals surface area contributed by atoms with Crippen LogP contribution >= 0.6 is 0 Å². The number of nitrogens with two attached hydrogens (primary N) is 1. The van der Waals surface area contributed by atoms with Crippen LogP contribution in [0.15, 0.2) is 67.0 Å². The van der Waals surface area contributed by atoms with Crippen LogP contribution < -0.4 is 10.5 Å². The zero-order valence-corrected chi connectivity index (χ0v) is 14.5. The molecule has 2 N–H and O–H groups in total. The first-order valence-corrected chi connectivity index (χ1v) is 8.41. The lowest BCUT2D eigenvalue weighted by Crippen LogP contribution is -2.17. The molecule has 0 aliphatic carbocycles.